The first-order chi connectivity index (χ1) is 3.25. The van der Waals surface area contributed by atoms with Crippen LogP contribution in [0.1, 0.15) is 0 Å². The highest BCUT2D eigenvalue weighted by Crippen LogP contribution is 2.38. The Morgan fingerprint density at radius 3 is 1.00 bits per heavy atom. The van der Waals surface area contributed by atoms with E-state index >= 15 is 0 Å². The predicted molar refractivity (Wildman–Crippen MR) is 24.1 cm³/mol. The third-order valence-corrected chi connectivity index (χ3v) is 0.536. The highest BCUT2D eigenvalue weighted by molar-refractivity contribution is 6.22. The topological polar surface area (TPSA) is 0 Å². The predicted octanol–water partition coefficient (Wildman–Crippen LogP) is 2.80. The van der Waals surface area contributed by atoms with Gasteiger partial charge in [0.2, 0.25) is 0 Å². The number of halogens is 7. The standard InChI is InChI=1S/C2ClF5.ClH/c3-1(4,5)2(6,7)8;/h;1H. The van der Waals surface area contributed by atoms with Crippen molar-refractivity contribution >= 4 is 24.0 Å². The second-order valence-corrected chi connectivity index (χ2v) is 1.47. The van der Waals surface area contributed by atoms with Crippen molar-refractivity contribution in [1.82, 2.24) is 0 Å². The van der Waals surface area contributed by atoms with E-state index in [2.05, 4.69) is 11.6 Å². The maximum atomic E-state index is 10.9. The molecule has 0 nitrogen and oxygen atoms in total. The average molecular weight is 191 g/mol. The summed E-state index contributed by atoms with van der Waals surface area (Å²) in [4.78, 5) is 0. The van der Waals surface area contributed by atoms with E-state index in [1.165, 1.54) is 0 Å². The van der Waals surface area contributed by atoms with Crippen molar-refractivity contribution in [3.63, 3.8) is 0 Å². The van der Waals surface area contributed by atoms with Crippen LogP contribution in [0, 0.1) is 0 Å². The van der Waals surface area contributed by atoms with E-state index in [0.717, 1.165) is 0 Å². The number of rotatable bonds is 0. The Hall–Kier alpha value is 0.230. The Bertz CT molecular complexity index is 67.9. The fraction of sp³-hybridized carbons (Fsp3) is 1.00. The molecule has 0 aromatic carbocycles. The van der Waals surface area contributed by atoms with Crippen LogP contribution in [0.2, 0.25) is 0 Å². The summed E-state index contributed by atoms with van der Waals surface area (Å²) in [6, 6.07) is 0. The van der Waals surface area contributed by atoms with E-state index in [4.69, 9.17) is 0 Å². The first kappa shape index (κ1) is 12.0. The van der Waals surface area contributed by atoms with Crippen molar-refractivity contribution in [3.8, 4) is 0 Å². The van der Waals surface area contributed by atoms with Gasteiger partial charge in [-0.25, -0.2) is 0 Å². The van der Waals surface area contributed by atoms with E-state index in [1.807, 2.05) is 0 Å². The summed E-state index contributed by atoms with van der Waals surface area (Å²) in [6.45, 7) is 0. The molecular formula is C2HCl2F5. The molecule has 7 heteroatoms. The molecule has 0 saturated heterocycles. The molecule has 0 unspecified atom stereocenters. The molecule has 0 aliphatic heterocycles. The van der Waals surface area contributed by atoms with Gasteiger partial charge in [0.1, 0.15) is 0 Å². The van der Waals surface area contributed by atoms with Gasteiger partial charge in [-0.2, -0.15) is 22.0 Å². The van der Waals surface area contributed by atoms with E-state index in [9.17, 15) is 22.0 Å². The lowest BCUT2D eigenvalue weighted by Crippen LogP contribution is -2.29. The van der Waals surface area contributed by atoms with Gasteiger partial charge in [0.05, 0.1) is 0 Å². The highest BCUT2D eigenvalue weighted by atomic mass is 35.5. The molecule has 0 rings (SSSR count). The first-order valence-corrected chi connectivity index (χ1v) is 1.76. The number of alkyl halides is 6. The third kappa shape index (κ3) is 3.75. The zero-order valence-corrected chi connectivity index (χ0v) is 5.25. The van der Waals surface area contributed by atoms with Crippen molar-refractivity contribution in [2.45, 2.75) is 11.6 Å². The molecule has 0 saturated carbocycles. The Kier molecular flexibility index (Phi) is 3.82. The van der Waals surface area contributed by atoms with Gasteiger partial charge in [-0.05, 0) is 11.6 Å². The minimum atomic E-state index is -5.63. The maximum Gasteiger partial charge on any atom is 0.469 e. The van der Waals surface area contributed by atoms with Crippen molar-refractivity contribution < 1.29 is 22.0 Å². The lowest BCUT2D eigenvalue weighted by molar-refractivity contribution is -0.241. The second-order valence-electron chi connectivity index (χ2n) is 0.996. The molecule has 0 heterocycles. The smallest absolute Gasteiger partial charge is 0.177 e. The molecule has 0 N–H and O–H groups in total. The van der Waals surface area contributed by atoms with Crippen LogP contribution in [0.15, 0.2) is 0 Å². The second kappa shape index (κ2) is 2.88. The van der Waals surface area contributed by atoms with Gasteiger partial charge in [-0.1, -0.05) is 0 Å². The van der Waals surface area contributed by atoms with Gasteiger partial charge in [-0.3, -0.25) is 0 Å². The third-order valence-electron chi connectivity index (χ3n) is 0.321. The van der Waals surface area contributed by atoms with Gasteiger partial charge in [0.25, 0.3) is 0 Å². The van der Waals surface area contributed by atoms with Crippen molar-refractivity contribution in [3.05, 3.63) is 0 Å². The molecule has 0 amide bonds. The van der Waals surface area contributed by atoms with Crippen LogP contribution in [-0.2, 0) is 0 Å². The van der Waals surface area contributed by atoms with Crippen LogP contribution < -0.4 is 0 Å². The lowest BCUT2D eigenvalue weighted by atomic mass is 10.7. The molecule has 0 radical (unpaired) electrons. The van der Waals surface area contributed by atoms with Crippen LogP contribution in [0.3, 0.4) is 0 Å². The van der Waals surface area contributed by atoms with Crippen LogP contribution in [0.5, 0.6) is 0 Å². The molecule has 0 spiro atoms. The fourth-order valence-electron chi connectivity index (χ4n) is 0. The zero-order valence-electron chi connectivity index (χ0n) is 3.68. The Morgan fingerprint density at radius 1 is 0.889 bits per heavy atom. The molecule has 0 aromatic rings. The van der Waals surface area contributed by atoms with Crippen LogP contribution in [0.4, 0.5) is 22.0 Å². The molecular weight excluding hydrogens is 190 g/mol. The number of hydrogen-bond donors (Lipinski definition) is 0. The molecule has 58 valence electrons. The minimum absolute atomic E-state index is 0. The normalized spacial score (nSPS) is 12.7. The van der Waals surface area contributed by atoms with E-state index in [1.54, 1.807) is 0 Å². The summed E-state index contributed by atoms with van der Waals surface area (Å²) >= 11 is 3.55. The summed E-state index contributed by atoms with van der Waals surface area (Å²) in [5, 5.41) is -5.09. The van der Waals surface area contributed by atoms with Crippen molar-refractivity contribution in [2.24, 2.45) is 0 Å². The number of hydrogen-bond acceptors (Lipinski definition) is 0. The minimum Gasteiger partial charge on any atom is -0.177 e. The van der Waals surface area contributed by atoms with Crippen molar-refractivity contribution in [1.29, 1.82) is 0 Å². The van der Waals surface area contributed by atoms with E-state index in [-0.39, 0.29) is 12.4 Å². The van der Waals surface area contributed by atoms with Gasteiger partial charge >= 0.3 is 11.6 Å². The summed E-state index contributed by atoms with van der Waals surface area (Å²) in [5.74, 6) is 0. The lowest BCUT2D eigenvalue weighted by Gasteiger charge is -2.10. The summed E-state index contributed by atoms with van der Waals surface area (Å²) in [5.41, 5.74) is 0. The summed E-state index contributed by atoms with van der Waals surface area (Å²) < 4.78 is 53.8. The largest absolute Gasteiger partial charge is 0.469 e. The van der Waals surface area contributed by atoms with Crippen LogP contribution >= 0.6 is 24.0 Å². The SMILES string of the molecule is Cl.FC(F)(F)C(F)(F)Cl. The van der Waals surface area contributed by atoms with Gasteiger partial charge < -0.3 is 0 Å². The van der Waals surface area contributed by atoms with Crippen LogP contribution in [-0.4, -0.2) is 11.6 Å². The highest BCUT2D eigenvalue weighted by Gasteiger charge is 2.56. The van der Waals surface area contributed by atoms with Gasteiger partial charge in [0, 0.05) is 0 Å². The quantitative estimate of drug-likeness (QED) is 0.407. The first-order valence-electron chi connectivity index (χ1n) is 1.38. The molecule has 9 heavy (non-hydrogen) atoms. The van der Waals surface area contributed by atoms with Gasteiger partial charge in [0.15, 0.2) is 0 Å². The Labute approximate surface area is 58.4 Å². The van der Waals surface area contributed by atoms with E-state index in [0.29, 0.717) is 0 Å². The summed E-state index contributed by atoms with van der Waals surface area (Å²) in [6.07, 6.45) is -5.63. The van der Waals surface area contributed by atoms with Gasteiger partial charge in [-0.15, -0.1) is 12.4 Å². The fourth-order valence-corrected chi connectivity index (χ4v) is 0. The molecule has 0 aliphatic carbocycles. The van der Waals surface area contributed by atoms with E-state index < -0.39 is 11.6 Å². The molecule has 0 aromatic heterocycles. The molecule has 0 aliphatic rings. The molecule has 0 atom stereocenters. The van der Waals surface area contributed by atoms with Crippen molar-refractivity contribution in [2.75, 3.05) is 0 Å². The Balaban J connectivity index is 0. The molecule has 0 bridgehead atoms. The monoisotopic (exact) mass is 190 g/mol. The zero-order chi connectivity index (χ0) is 7.00. The summed E-state index contributed by atoms with van der Waals surface area (Å²) in [7, 11) is 0. The molecule has 0 fully saturated rings. The average Bonchev–Trinajstić information content (AvgIpc) is 1.25. The maximum absolute atomic E-state index is 10.9. The Morgan fingerprint density at radius 2 is 1.00 bits per heavy atom. The van der Waals surface area contributed by atoms with Crippen LogP contribution in [0.25, 0.3) is 0 Å².